The molecule has 0 unspecified atom stereocenters. The highest BCUT2D eigenvalue weighted by atomic mass is 16.3. The number of hydrogen-bond donors (Lipinski definition) is 3. The predicted molar refractivity (Wildman–Crippen MR) is 77.5 cm³/mol. The molecular weight excluding hydrogens is 268 g/mol. The Bertz CT molecular complexity index is 611. The summed E-state index contributed by atoms with van der Waals surface area (Å²) in [5, 5.41) is 19.4. The highest BCUT2D eigenvalue weighted by Crippen LogP contribution is 2.25. The minimum absolute atomic E-state index is 0.154. The van der Waals surface area contributed by atoms with E-state index in [0.29, 0.717) is 12.2 Å². The second-order valence-corrected chi connectivity index (χ2v) is 5.36. The molecule has 3 N–H and O–H groups in total. The lowest BCUT2D eigenvalue weighted by Crippen LogP contribution is -2.32. The van der Waals surface area contributed by atoms with Crippen LogP contribution in [0.5, 0.6) is 0 Å². The Morgan fingerprint density at radius 2 is 2.19 bits per heavy atom. The molecule has 1 aliphatic carbocycles. The van der Waals surface area contributed by atoms with Crippen LogP contribution in [0.4, 0.5) is 0 Å². The summed E-state index contributed by atoms with van der Waals surface area (Å²) in [5.74, 6) is -0.0420. The lowest BCUT2D eigenvalue weighted by molar-refractivity contribution is 0.0912. The van der Waals surface area contributed by atoms with E-state index >= 15 is 0 Å². The van der Waals surface area contributed by atoms with Crippen molar-refractivity contribution >= 4 is 5.91 Å². The van der Waals surface area contributed by atoms with E-state index < -0.39 is 0 Å². The highest BCUT2D eigenvalue weighted by molar-refractivity contribution is 5.98. The van der Waals surface area contributed by atoms with Gasteiger partial charge in [-0.15, -0.1) is 0 Å². The summed E-state index contributed by atoms with van der Waals surface area (Å²) in [6, 6.07) is 3.67. The fraction of sp³-hybridized carbons (Fsp3) is 0.400. The Kier molecular flexibility index (Phi) is 3.96. The van der Waals surface area contributed by atoms with E-state index in [2.05, 4.69) is 20.5 Å². The third-order valence-electron chi connectivity index (χ3n) is 4.00. The fourth-order valence-electron chi connectivity index (χ4n) is 2.78. The quantitative estimate of drug-likeness (QED) is 0.791. The molecule has 0 aromatic carbocycles. The highest BCUT2D eigenvalue weighted by Gasteiger charge is 2.26. The minimum Gasteiger partial charge on any atom is -0.393 e. The van der Waals surface area contributed by atoms with Gasteiger partial charge in [0.15, 0.2) is 0 Å². The van der Waals surface area contributed by atoms with Gasteiger partial charge in [0.1, 0.15) is 5.69 Å². The molecule has 110 valence electrons. The van der Waals surface area contributed by atoms with E-state index in [-0.39, 0.29) is 17.9 Å². The molecule has 3 rings (SSSR count). The number of hydrogen-bond acceptors (Lipinski definition) is 4. The molecule has 0 spiro atoms. The molecule has 21 heavy (non-hydrogen) atoms. The predicted octanol–water partition coefficient (Wildman–Crippen LogP) is 1.36. The summed E-state index contributed by atoms with van der Waals surface area (Å²) in [4.78, 5) is 16.3. The van der Waals surface area contributed by atoms with Gasteiger partial charge < -0.3 is 10.4 Å². The molecule has 1 amide bonds. The van der Waals surface area contributed by atoms with Gasteiger partial charge in [-0.1, -0.05) is 6.42 Å². The number of carbonyl (C=O) groups is 1. The first kappa shape index (κ1) is 13.8. The van der Waals surface area contributed by atoms with Crippen molar-refractivity contribution in [2.24, 2.45) is 5.92 Å². The number of aromatic amines is 1. The van der Waals surface area contributed by atoms with E-state index in [9.17, 15) is 9.90 Å². The summed E-state index contributed by atoms with van der Waals surface area (Å²) in [5.41, 5.74) is 2.08. The van der Waals surface area contributed by atoms with Gasteiger partial charge >= 0.3 is 0 Å². The van der Waals surface area contributed by atoms with Crippen molar-refractivity contribution in [3.05, 3.63) is 36.4 Å². The summed E-state index contributed by atoms with van der Waals surface area (Å²) in [7, 11) is 0. The van der Waals surface area contributed by atoms with Gasteiger partial charge in [0.25, 0.3) is 5.91 Å². The Hall–Kier alpha value is -2.21. The molecule has 1 saturated carbocycles. The zero-order valence-corrected chi connectivity index (χ0v) is 11.6. The average molecular weight is 286 g/mol. The van der Waals surface area contributed by atoms with E-state index in [1.807, 2.05) is 12.1 Å². The molecule has 1 aliphatic rings. The second-order valence-electron chi connectivity index (χ2n) is 5.36. The number of rotatable bonds is 4. The SMILES string of the molecule is O=C(NC[C@@H]1CCC[C@@H]1O)c1[nH]ncc1-c1ccncc1. The molecule has 2 aromatic heterocycles. The van der Waals surface area contributed by atoms with Crippen LogP contribution >= 0.6 is 0 Å². The summed E-state index contributed by atoms with van der Waals surface area (Å²) in [6.45, 7) is 0.495. The normalized spacial score (nSPS) is 21.4. The Morgan fingerprint density at radius 1 is 1.38 bits per heavy atom. The van der Waals surface area contributed by atoms with Crippen LogP contribution in [-0.2, 0) is 0 Å². The number of H-pyrrole nitrogens is 1. The summed E-state index contributed by atoms with van der Waals surface area (Å²) < 4.78 is 0. The van der Waals surface area contributed by atoms with Crippen molar-refractivity contribution in [1.82, 2.24) is 20.5 Å². The largest absolute Gasteiger partial charge is 0.393 e. The maximum absolute atomic E-state index is 12.3. The Morgan fingerprint density at radius 3 is 2.90 bits per heavy atom. The number of pyridine rings is 1. The van der Waals surface area contributed by atoms with Crippen LogP contribution in [0.25, 0.3) is 11.1 Å². The zero-order valence-electron chi connectivity index (χ0n) is 11.6. The van der Waals surface area contributed by atoms with Gasteiger partial charge in [0, 0.05) is 30.4 Å². The minimum atomic E-state index is -0.299. The number of nitrogens with zero attached hydrogens (tertiary/aromatic N) is 2. The van der Waals surface area contributed by atoms with E-state index in [4.69, 9.17) is 0 Å². The smallest absolute Gasteiger partial charge is 0.269 e. The summed E-state index contributed by atoms with van der Waals surface area (Å²) >= 11 is 0. The van der Waals surface area contributed by atoms with Crippen LogP contribution < -0.4 is 5.32 Å². The van der Waals surface area contributed by atoms with Gasteiger partial charge in [-0.05, 0) is 30.5 Å². The number of aliphatic hydroxyl groups excluding tert-OH is 1. The molecule has 0 bridgehead atoms. The monoisotopic (exact) mass is 286 g/mol. The van der Waals surface area contributed by atoms with Crippen molar-refractivity contribution in [3.8, 4) is 11.1 Å². The first-order valence-electron chi connectivity index (χ1n) is 7.15. The maximum atomic E-state index is 12.3. The van der Waals surface area contributed by atoms with Crippen LogP contribution in [0.15, 0.2) is 30.7 Å². The first-order chi connectivity index (χ1) is 10.3. The molecule has 0 aliphatic heterocycles. The third-order valence-corrected chi connectivity index (χ3v) is 4.00. The van der Waals surface area contributed by atoms with Crippen molar-refractivity contribution in [3.63, 3.8) is 0 Å². The zero-order chi connectivity index (χ0) is 14.7. The molecule has 2 atom stereocenters. The van der Waals surface area contributed by atoms with Gasteiger partial charge in [-0.2, -0.15) is 5.10 Å². The lowest BCUT2D eigenvalue weighted by atomic mass is 10.1. The van der Waals surface area contributed by atoms with Crippen LogP contribution in [-0.4, -0.2) is 38.8 Å². The first-order valence-corrected chi connectivity index (χ1v) is 7.15. The molecule has 6 heteroatoms. The van der Waals surface area contributed by atoms with Crippen molar-refractivity contribution < 1.29 is 9.90 Å². The molecule has 0 radical (unpaired) electrons. The third kappa shape index (κ3) is 2.95. The van der Waals surface area contributed by atoms with E-state index in [1.165, 1.54) is 0 Å². The topological polar surface area (TPSA) is 90.9 Å². The molecule has 2 heterocycles. The van der Waals surface area contributed by atoms with E-state index in [1.54, 1.807) is 18.6 Å². The average Bonchev–Trinajstić information content (AvgIpc) is 3.15. The van der Waals surface area contributed by atoms with Crippen LogP contribution in [0, 0.1) is 5.92 Å². The number of nitrogens with one attached hydrogen (secondary N) is 2. The van der Waals surface area contributed by atoms with Gasteiger partial charge in [-0.3, -0.25) is 14.9 Å². The van der Waals surface area contributed by atoms with Crippen LogP contribution in [0.1, 0.15) is 29.8 Å². The maximum Gasteiger partial charge on any atom is 0.269 e. The van der Waals surface area contributed by atoms with Gasteiger partial charge in [0.05, 0.1) is 12.3 Å². The number of amides is 1. The van der Waals surface area contributed by atoms with Gasteiger partial charge in [-0.25, -0.2) is 0 Å². The van der Waals surface area contributed by atoms with Crippen molar-refractivity contribution in [1.29, 1.82) is 0 Å². The Labute approximate surface area is 122 Å². The molecule has 1 fully saturated rings. The Balaban J connectivity index is 1.70. The van der Waals surface area contributed by atoms with E-state index in [0.717, 1.165) is 30.4 Å². The molecule has 6 nitrogen and oxygen atoms in total. The lowest BCUT2D eigenvalue weighted by Gasteiger charge is -2.15. The van der Waals surface area contributed by atoms with Gasteiger partial charge in [0.2, 0.25) is 0 Å². The standard InChI is InChI=1S/C15H18N4O2/c20-13-3-1-2-11(13)8-17-15(21)14-12(9-18-19-14)10-4-6-16-7-5-10/h4-7,9,11,13,20H,1-3,8H2,(H,17,21)(H,18,19)/t11-,13-/m0/s1. The molecular formula is C15H18N4O2. The van der Waals surface area contributed by atoms with Crippen molar-refractivity contribution in [2.45, 2.75) is 25.4 Å². The van der Waals surface area contributed by atoms with Crippen molar-refractivity contribution in [2.75, 3.05) is 6.54 Å². The number of aromatic nitrogens is 3. The summed E-state index contributed by atoms with van der Waals surface area (Å²) in [6.07, 6.45) is 7.50. The molecule has 0 saturated heterocycles. The number of carbonyl (C=O) groups excluding carboxylic acids is 1. The fourth-order valence-corrected chi connectivity index (χ4v) is 2.78. The number of aliphatic hydroxyl groups is 1. The van der Waals surface area contributed by atoms with Crippen LogP contribution in [0.2, 0.25) is 0 Å². The molecule has 2 aromatic rings. The second kappa shape index (κ2) is 6.05. The van der Waals surface area contributed by atoms with Crippen LogP contribution in [0.3, 0.4) is 0 Å².